The first-order chi connectivity index (χ1) is 16.4. The third kappa shape index (κ3) is 12.4. The molecule has 35 heavy (non-hydrogen) atoms. The Morgan fingerprint density at radius 3 is 1.31 bits per heavy atom. The number of benzene rings is 1. The summed E-state index contributed by atoms with van der Waals surface area (Å²) in [6.07, 6.45) is 2.11. The molecule has 0 N–H and O–H groups in total. The third-order valence-corrected chi connectivity index (χ3v) is 33.7. The molecule has 1 aromatic rings. The van der Waals surface area contributed by atoms with Gasteiger partial charge in [0.1, 0.15) is 0 Å². The summed E-state index contributed by atoms with van der Waals surface area (Å²) in [4.78, 5) is 0. The minimum Gasteiger partial charge on any atom is -0.420 e. The van der Waals surface area contributed by atoms with Crippen molar-refractivity contribution in [2.24, 2.45) is 0 Å². The van der Waals surface area contributed by atoms with E-state index in [1.807, 2.05) is 6.07 Å². The van der Waals surface area contributed by atoms with Crippen LogP contribution in [0.25, 0.3) is 0 Å². The van der Waals surface area contributed by atoms with Gasteiger partial charge in [0, 0.05) is 0 Å². The van der Waals surface area contributed by atoms with Crippen molar-refractivity contribution in [3.05, 3.63) is 35.9 Å². The van der Waals surface area contributed by atoms with Gasteiger partial charge in [-0.1, -0.05) is 43.7 Å². The van der Waals surface area contributed by atoms with E-state index >= 15 is 0 Å². The number of hydrogen-bond acceptors (Lipinski definition) is 8. The van der Waals surface area contributed by atoms with Gasteiger partial charge in [0.25, 0.3) is 55.7 Å². The standard InChI is InChI=1S/C12H24O4Si4.C7H22O4Si4/c1-17-13-18(2)15-20(4,16-19(3)14-17)11-10-12-8-6-5-7-9-12;1-6-7-15(5)10-13(3)8-12(2)9-14(4)11-15/h5-9,17-19H,10-11H2,1-4H3;12-14H,6-7H2,1-5H3. The molecule has 0 spiro atoms. The molecule has 4 atom stereocenters. The molecule has 202 valence electrons. The van der Waals surface area contributed by atoms with E-state index in [2.05, 4.69) is 83.6 Å². The fourth-order valence-electron chi connectivity index (χ4n) is 4.42. The Labute approximate surface area is 225 Å². The summed E-state index contributed by atoms with van der Waals surface area (Å²) < 4.78 is 48.2. The van der Waals surface area contributed by atoms with Crippen LogP contribution < -0.4 is 0 Å². The van der Waals surface area contributed by atoms with Gasteiger partial charge in [-0.3, -0.25) is 0 Å². The lowest BCUT2D eigenvalue weighted by atomic mass is 10.2. The maximum Gasteiger partial charge on any atom is 0.317 e. The molecule has 0 amide bonds. The predicted molar refractivity (Wildman–Crippen MR) is 160 cm³/mol. The van der Waals surface area contributed by atoms with Crippen LogP contribution in [0.4, 0.5) is 0 Å². The minimum absolute atomic E-state index is 0.967. The second-order valence-corrected chi connectivity index (χ2v) is 29.9. The molecule has 1 aromatic carbocycles. The van der Waals surface area contributed by atoms with E-state index in [1.54, 1.807) is 0 Å². The van der Waals surface area contributed by atoms with Crippen LogP contribution in [0.1, 0.15) is 18.9 Å². The van der Waals surface area contributed by atoms with E-state index in [0.717, 1.165) is 24.9 Å². The highest BCUT2D eigenvalue weighted by atomic mass is 28.5. The summed E-state index contributed by atoms with van der Waals surface area (Å²) in [5.74, 6) is 0. The van der Waals surface area contributed by atoms with Crippen LogP contribution in [-0.2, 0) is 39.3 Å². The van der Waals surface area contributed by atoms with Crippen molar-refractivity contribution in [1.29, 1.82) is 0 Å². The maximum absolute atomic E-state index is 6.26. The van der Waals surface area contributed by atoms with Gasteiger partial charge >= 0.3 is 17.1 Å². The molecule has 0 saturated carbocycles. The van der Waals surface area contributed by atoms with E-state index in [-0.39, 0.29) is 0 Å². The van der Waals surface area contributed by atoms with Crippen LogP contribution in [0, 0.1) is 0 Å². The zero-order valence-electron chi connectivity index (χ0n) is 22.9. The summed E-state index contributed by atoms with van der Waals surface area (Å²) >= 11 is 0. The van der Waals surface area contributed by atoms with Gasteiger partial charge in [-0.2, -0.15) is 0 Å². The minimum atomic E-state index is -2.16. The Morgan fingerprint density at radius 1 is 0.571 bits per heavy atom. The molecule has 16 heteroatoms. The number of rotatable bonds is 5. The second-order valence-electron chi connectivity index (χ2n) is 9.42. The van der Waals surface area contributed by atoms with Crippen LogP contribution >= 0.6 is 0 Å². The summed E-state index contributed by atoms with van der Waals surface area (Å²) in [6.45, 7) is 18.9. The highest BCUT2D eigenvalue weighted by molar-refractivity contribution is 6.81. The molecule has 3 rings (SSSR count). The first-order valence-corrected chi connectivity index (χ1v) is 30.4. The van der Waals surface area contributed by atoms with E-state index in [4.69, 9.17) is 32.9 Å². The van der Waals surface area contributed by atoms with Crippen LogP contribution in [-0.4, -0.2) is 72.8 Å². The van der Waals surface area contributed by atoms with Gasteiger partial charge in [-0.05, 0) is 76.4 Å². The normalized spacial score (nSPS) is 38.8. The Bertz CT molecular complexity index is 710. The first kappa shape index (κ1) is 31.9. The van der Waals surface area contributed by atoms with Gasteiger partial charge in [0.15, 0.2) is 0 Å². The lowest BCUT2D eigenvalue weighted by molar-refractivity contribution is 0.272. The molecule has 0 bridgehead atoms. The maximum atomic E-state index is 6.26. The zero-order chi connectivity index (χ0) is 26.1. The molecule has 2 aliphatic heterocycles. The number of aryl methyl sites for hydroxylation is 1. The van der Waals surface area contributed by atoms with Crippen LogP contribution in [0.2, 0.25) is 64.5 Å². The van der Waals surface area contributed by atoms with E-state index in [0.29, 0.717) is 0 Å². The summed E-state index contributed by atoms with van der Waals surface area (Å²) in [5, 5.41) is 0. The quantitative estimate of drug-likeness (QED) is 0.462. The SMILES string of the molecule is CCC[Si]1(C)O[SiH](C)O[SiH](C)O[SiH](C)O1.C[SiH]1O[SiH](C)O[Si](C)(CCc2ccccc2)O[SiH](C)O1. The summed E-state index contributed by atoms with van der Waals surface area (Å²) in [5.41, 5.74) is 1.34. The lowest BCUT2D eigenvalue weighted by Crippen LogP contribution is -2.53. The van der Waals surface area contributed by atoms with Crippen molar-refractivity contribution in [1.82, 2.24) is 0 Å². The molecule has 0 radical (unpaired) electrons. The highest BCUT2D eigenvalue weighted by Gasteiger charge is 2.39. The van der Waals surface area contributed by atoms with Gasteiger partial charge in [-0.15, -0.1) is 0 Å². The molecular weight excluding hydrogens is 581 g/mol. The van der Waals surface area contributed by atoms with Crippen molar-refractivity contribution in [2.75, 3.05) is 0 Å². The fourth-order valence-corrected chi connectivity index (χ4v) is 33.8. The zero-order valence-corrected chi connectivity index (χ0v) is 31.9. The molecule has 2 fully saturated rings. The largest absolute Gasteiger partial charge is 0.420 e. The van der Waals surface area contributed by atoms with Crippen molar-refractivity contribution in [2.45, 2.75) is 84.2 Å². The lowest BCUT2D eigenvalue weighted by Gasteiger charge is -2.37. The van der Waals surface area contributed by atoms with Crippen molar-refractivity contribution in [3.8, 4) is 0 Å². The van der Waals surface area contributed by atoms with E-state index < -0.39 is 72.8 Å². The Balaban J connectivity index is 0.000000258. The fraction of sp³-hybridized carbons (Fsp3) is 0.684. The van der Waals surface area contributed by atoms with Crippen molar-refractivity contribution in [3.63, 3.8) is 0 Å². The van der Waals surface area contributed by atoms with Crippen molar-refractivity contribution >= 4 is 72.8 Å². The summed E-state index contributed by atoms with van der Waals surface area (Å²) in [6, 6.07) is 12.5. The van der Waals surface area contributed by atoms with Crippen LogP contribution in [0.5, 0.6) is 0 Å². The van der Waals surface area contributed by atoms with Crippen molar-refractivity contribution < 1.29 is 32.9 Å². The Hall–Kier alpha value is 0.635. The van der Waals surface area contributed by atoms with Gasteiger partial charge in [0.05, 0.1) is 0 Å². The second kappa shape index (κ2) is 15.3. The molecule has 4 unspecified atom stereocenters. The predicted octanol–water partition coefficient (Wildman–Crippen LogP) is 3.03. The molecule has 0 aromatic heterocycles. The molecule has 8 nitrogen and oxygen atoms in total. The third-order valence-electron chi connectivity index (χ3n) is 5.61. The average Bonchev–Trinajstić information content (AvgIpc) is 2.70. The van der Waals surface area contributed by atoms with Gasteiger partial charge in [0.2, 0.25) is 0 Å². The average molecular weight is 627 g/mol. The Kier molecular flexibility index (Phi) is 13.9. The topological polar surface area (TPSA) is 73.8 Å². The smallest absolute Gasteiger partial charge is 0.317 e. The van der Waals surface area contributed by atoms with Gasteiger partial charge in [-0.25, -0.2) is 0 Å². The van der Waals surface area contributed by atoms with E-state index in [9.17, 15) is 0 Å². The molecule has 2 saturated heterocycles. The monoisotopic (exact) mass is 626 g/mol. The van der Waals surface area contributed by atoms with Gasteiger partial charge < -0.3 is 32.9 Å². The number of hydrogen-bond donors (Lipinski definition) is 0. The highest BCUT2D eigenvalue weighted by Crippen LogP contribution is 2.23. The molecular formula is C19H46O8Si8. The van der Waals surface area contributed by atoms with Crippen LogP contribution in [0.3, 0.4) is 0 Å². The molecule has 2 aliphatic rings. The molecule has 2 heterocycles. The Morgan fingerprint density at radius 2 is 0.943 bits per heavy atom. The first-order valence-electron chi connectivity index (χ1n) is 12.8. The van der Waals surface area contributed by atoms with Crippen LogP contribution in [0.15, 0.2) is 30.3 Å². The van der Waals surface area contributed by atoms with E-state index in [1.165, 1.54) is 5.56 Å². The molecule has 0 aliphatic carbocycles. The summed E-state index contributed by atoms with van der Waals surface area (Å²) in [7, 11) is -13.4.